The molecule has 0 aliphatic carbocycles. The quantitative estimate of drug-likeness (QED) is 0.807. The Labute approximate surface area is 109 Å². The summed E-state index contributed by atoms with van der Waals surface area (Å²) in [5, 5.41) is 11.6. The van der Waals surface area contributed by atoms with Crippen LogP contribution in [0.25, 0.3) is 0 Å². The van der Waals surface area contributed by atoms with Gasteiger partial charge in [-0.2, -0.15) is 0 Å². The summed E-state index contributed by atoms with van der Waals surface area (Å²) in [5.41, 5.74) is 0. The van der Waals surface area contributed by atoms with Gasteiger partial charge in [-0.05, 0) is 32.1 Å². The smallest absolute Gasteiger partial charge is 0.317 e. The highest BCUT2D eigenvalue weighted by molar-refractivity contribution is 5.74. The van der Waals surface area contributed by atoms with E-state index >= 15 is 0 Å². The molecule has 1 fully saturated rings. The number of nitrogens with one attached hydrogen (secondary N) is 1. The zero-order chi connectivity index (χ0) is 13.7. The lowest BCUT2D eigenvalue weighted by atomic mass is 9.92. The number of likely N-dealkylation sites (tertiary alicyclic amines) is 1. The van der Waals surface area contributed by atoms with Gasteiger partial charge in [0.1, 0.15) is 0 Å². The van der Waals surface area contributed by atoms with E-state index in [1.165, 1.54) is 6.42 Å². The number of aliphatic carboxylic acids is 1. The molecule has 5 nitrogen and oxygen atoms in total. The summed E-state index contributed by atoms with van der Waals surface area (Å²) in [5.74, 6) is -0.699. The fourth-order valence-corrected chi connectivity index (χ4v) is 2.24. The minimum atomic E-state index is -0.816. The Morgan fingerprint density at radius 1 is 1.44 bits per heavy atom. The van der Waals surface area contributed by atoms with Crippen molar-refractivity contribution in [3.8, 4) is 0 Å². The second-order valence-electron chi connectivity index (χ2n) is 5.31. The zero-order valence-corrected chi connectivity index (χ0v) is 11.5. The van der Waals surface area contributed by atoms with Crippen LogP contribution in [0, 0.1) is 11.8 Å². The zero-order valence-electron chi connectivity index (χ0n) is 11.5. The summed E-state index contributed by atoms with van der Waals surface area (Å²) in [7, 11) is 0. The van der Waals surface area contributed by atoms with Gasteiger partial charge in [-0.15, -0.1) is 0 Å². The highest BCUT2D eigenvalue weighted by Crippen LogP contribution is 2.22. The number of nitrogens with zero attached hydrogens (tertiary/aromatic N) is 1. The lowest BCUT2D eigenvalue weighted by Crippen LogP contribution is -2.50. The summed E-state index contributed by atoms with van der Waals surface area (Å²) in [6.45, 7) is 7.11. The standard InChI is InChI=1S/C13H24N2O3/c1-9-5-4-8-15(11(9)3)13(18)14-7-6-10(2)12(16)17/h9-11H,4-8H2,1-3H3,(H,14,18)(H,16,17). The molecule has 0 aromatic heterocycles. The number of piperidine rings is 1. The van der Waals surface area contributed by atoms with Crippen molar-refractivity contribution in [2.45, 2.75) is 46.1 Å². The number of hydrogen-bond donors (Lipinski definition) is 2. The molecule has 1 saturated heterocycles. The van der Waals surface area contributed by atoms with Gasteiger partial charge < -0.3 is 15.3 Å². The Kier molecular flexibility index (Phi) is 5.44. The van der Waals surface area contributed by atoms with Crippen LogP contribution in [0.5, 0.6) is 0 Å². The molecule has 3 atom stereocenters. The predicted octanol–water partition coefficient (Wildman–Crippen LogP) is 1.93. The molecule has 18 heavy (non-hydrogen) atoms. The molecular weight excluding hydrogens is 232 g/mol. The van der Waals surface area contributed by atoms with Crippen LogP contribution >= 0.6 is 0 Å². The predicted molar refractivity (Wildman–Crippen MR) is 69.4 cm³/mol. The number of rotatable bonds is 4. The minimum absolute atomic E-state index is 0.0633. The van der Waals surface area contributed by atoms with E-state index in [-0.39, 0.29) is 12.1 Å². The molecule has 104 valence electrons. The fourth-order valence-electron chi connectivity index (χ4n) is 2.24. The average Bonchev–Trinajstić information content (AvgIpc) is 2.32. The molecule has 3 unspecified atom stereocenters. The third-order valence-corrected chi connectivity index (χ3v) is 3.91. The van der Waals surface area contributed by atoms with Gasteiger partial charge in [0.25, 0.3) is 0 Å². The van der Waals surface area contributed by atoms with Gasteiger partial charge in [-0.1, -0.05) is 13.8 Å². The second kappa shape index (κ2) is 6.61. The van der Waals surface area contributed by atoms with E-state index in [9.17, 15) is 9.59 Å². The summed E-state index contributed by atoms with van der Waals surface area (Å²) >= 11 is 0. The highest BCUT2D eigenvalue weighted by atomic mass is 16.4. The summed E-state index contributed by atoms with van der Waals surface area (Å²) in [6.07, 6.45) is 2.68. The number of hydrogen-bond acceptors (Lipinski definition) is 2. The molecule has 0 saturated carbocycles. The van der Waals surface area contributed by atoms with Crippen LogP contribution in [-0.4, -0.2) is 41.1 Å². The number of urea groups is 1. The van der Waals surface area contributed by atoms with Gasteiger partial charge in [0.05, 0.1) is 5.92 Å². The fraction of sp³-hybridized carbons (Fsp3) is 0.846. The van der Waals surface area contributed by atoms with E-state index in [1.807, 2.05) is 4.90 Å². The Morgan fingerprint density at radius 3 is 2.72 bits per heavy atom. The molecule has 1 heterocycles. The van der Waals surface area contributed by atoms with Crippen molar-refractivity contribution in [2.75, 3.05) is 13.1 Å². The maximum Gasteiger partial charge on any atom is 0.317 e. The summed E-state index contributed by atoms with van der Waals surface area (Å²) in [6, 6.07) is 0.197. The number of carbonyl (C=O) groups excluding carboxylic acids is 1. The van der Waals surface area contributed by atoms with E-state index in [2.05, 4.69) is 19.2 Å². The Hall–Kier alpha value is -1.26. The van der Waals surface area contributed by atoms with Gasteiger partial charge in [0.2, 0.25) is 0 Å². The molecule has 1 aliphatic heterocycles. The maximum atomic E-state index is 12.0. The van der Waals surface area contributed by atoms with Gasteiger partial charge in [0, 0.05) is 19.1 Å². The van der Waals surface area contributed by atoms with Crippen molar-refractivity contribution in [2.24, 2.45) is 11.8 Å². The molecule has 0 bridgehead atoms. The van der Waals surface area contributed by atoms with Crippen molar-refractivity contribution in [3.63, 3.8) is 0 Å². The number of carboxylic acid groups (broad SMARTS) is 1. The Balaban J connectivity index is 2.34. The van der Waals surface area contributed by atoms with Crippen LogP contribution in [0.3, 0.4) is 0 Å². The van der Waals surface area contributed by atoms with E-state index in [0.29, 0.717) is 18.9 Å². The largest absolute Gasteiger partial charge is 0.481 e. The molecule has 0 radical (unpaired) electrons. The first-order chi connectivity index (χ1) is 8.43. The monoisotopic (exact) mass is 256 g/mol. The summed E-state index contributed by atoms with van der Waals surface area (Å²) < 4.78 is 0. The Bertz CT molecular complexity index is 307. The topological polar surface area (TPSA) is 69.6 Å². The van der Waals surface area contributed by atoms with E-state index < -0.39 is 11.9 Å². The highest BCUT2D eigenvalue weighted by Gasteiger charge is 2.28. The van der Waals surface area contributed by atoms with Gasteiger partial charge in [0.15, 0.2) is 0 Å². The SMILES string of the molecule is CC(CCNC(=O)N1CCCC(C)C1C)C(=O)O. The Morgan fingerprint density at radius 2 is 2.11 bits per heavy atom. The lowest BCUT2D eigenvalue weighted by molar-refractivity contribution is -0.141. The maximum absolute atomic E-state index is 12.0. The van der Waals surface area contributed by atoms with Gasteiger partial charge >= 0.3 is 12.0 Å². The van der Waals surface area contributed by atoms with E-state index in [1.54, 1.807) is 6.92 Å². The van der Waals surface area contributed by atoms with Crippen molar-refractivity contribution in [1.29, 1.82) is 0 Å². The van der Waals surface area contributed by atoms with Crippen LogP contribution in [-0.2, 0) is 4.79 Å². The van der Waals surface area contributed by atoms with Crippen LogP contribution in [0.2, 0.25) is 0 Å². The van der Waals surface area contributed by atoms with Gasteiger partial charge in [-0.3, -0.25) is 4.79 Å². The molecular formula is C13H24N2O3. The summed E-state index contributed by atoms with van der Waals surface area (Å²) in [4.78, 5) is 24.5. The molecule has 1 rings (SSSR count). The molecule has 0 aromatic rings. The molecule has 0 aromatic carbocycles. The first-order valence-corrected chi connectivity index (χ1v) is 6.70. The molecule has 5 heteroatoms. The van der Waals surface area contributed by atoms with Crippen molar-refractivity contribution in [1.82, 2.24) is 10.2 Å². The number of carboxylic acids is 1. The average molecular weight is 256 g/mol. The van der Waals surface area contributed by atoms with Crippen molar-refractivity contribution in [3.05, 3.63) is 0 Å². The van der Waals surface area contributed by atoms with Crippen molar-refractivity contribution >= 4 is 12.0 Å². The van der Waals surface area contributed by atoms with Crippen LogP contribution in [0.15, 0.2) is 0 Å². The molecule has 2 N–H and O–H groups in total. The molecule has 1 aliphatic rings. The minimum Gasteiger partial charge on any atom is -0.481 e. The van der Waals surface area contributed by atoms with Crippen LogP contribution < -0.4 is 5.32 Å². The lowest BCUT2D eigenvalue weighted by Gasteiger charge is -2.37. The van der Waals surface area contributed by atoms with Crippen LogP contribution in [0.1, 0.15) is 40.0 Å². The van der Waals surface area contributed by atoms with Crippen molar-refractivity contribution < 1.29 is 14.7 Å². The first-order valence-electron chi connectivity index (χ1n) is 6.70. The number of amides is 2. The third kappa shape index (κ3) is 3.89. The van der Waals surface area contributed by atoms with E-state index in [0.717, 1.165) is 13.0 Å². The second-order valence-corrected chi connectivity index (χ2v) is 5.31. The molecule has 0 spiro atoms. The third-order valence-electron chi connectivity index (χ3n) is 3.91. The van der Waals surface area contributed by atoms with Crippen LogP contribution in [0.4, 0.5) is 4.79 Å². The normalized spacial score (nSPS) is 25.6. The van der Waals surface area contributed by atoms with E-state index in [4.69, 9.17) is 5.11 Å². The molecule has 2 amide bonds. The number of carbonyl (C=O) groups is 2. The van der Waals surface area contributed by atoms with Gasteiger partial charge in [-0.25, -0.2) is 4.79 Å². The first kappa shape index (κ1) is 14.8.